The molecule has 0 spiro atoms. The van der Waals surface area contributed by atoms with Gasteiger partial charge in [0.1, 0.15) is 6.04 Å². The standard InChI is InChI=1S/C16H16ClIN2O3S/c1-11(16(21)19-14-8-6-13(18)7-9-14)20(24(2,22)23)15-5-3-4-12(17)10-15/h3-11H,1-2H3,(H,19,21)/t11-/m1/s1. The van der Waals surface area contributed by atoms with Crippen molar-refractivity contribution in [2.24, 2.45) is 0 Å². The van der Waals surface area contributed by atoms with Crippen molar-refractivity contribution in [2.45, 2.75) is 13.0 Å². The minimum atomic E-state index is -3.67. The van der Waals surface area contributed by atoms with Crippen molar-refractivity contribution in [3.8, 4) is 0 Å². The Morgan fingerprint density at radius 3 is 2.38 bits per heavy atom. The van der Waals surface area contributed by atoms with Crippen LogP contribution in [0.5, 0.6) is 0 Å². The molecule has 1 N–H and O–H groups in total. The third kappa shape index (κ3) is 4.84. The van der Waals surface area contributed by atoms with E-state index in [1.165, 1.54) is 13.0 Å². The maximum atomic E-state index is 12.5. The molecule has 0 aromatic heterocycles. The second-order valence-electron chi connectivity index (χ2n) is 5.21. The molecule has 0 bridgehead atoms. The van der Waals surface area contributed by atoms with Crippen LogP contribution >= 0.6 is 34.2 Å². The first-order chi connectivity index (χ1) is 11.2. The normalized spacial score (nSPS) is 12.5. The second-order valence-corrected chi connectivity index (χ2v) is 8.75. The number of carbonyl (C=O) groups is 1. The summed E-state index contributed by atoms with van der Waals surface area (Å²) in [6, 6.07) is 12.7. The Hall–Kier alpha value is -1.32. The van der Waals surface area contributed by atoms with Crippen LogP contribution in [0.3, 0.4) is 0 Å². The molecule has 0 aliphatic rings. The summed E-state index contributed by atoms with van der Waals surface area (Å²) >= 11 is 8.11. The lowest BCUT2D eigenvalue weighted by Gasteiger charge is -2.28. The minimum absolute atomic E-state index is 0.343. The van der Waals surface area contributed by atoms with Crippen molar-refractivity contribution in [3.63, 3.8) is 0 Å². The van der Waals surface area contributed by atoms with Gasteiger partial charge in [-0.25, -0.2) is 8.42 Å². The van der Waals surface area contributed by atoms with Crippen LogP contribution in [0.15, 0.2) is 48.5 Å². The SMILES string of the molecule is C[C@H](C(=O)Nc1ccc(I)cc1)N(c1cccc(Cl)c1)S(C)(=O)=O. The minimum Gasteiger partial charge on any atom is -0.324 e. The fraction of sp³-hybridized carbons (Fsp3) is 0.188. The number of hydrogen-bond acceptors (Lipinski definition) is 3. The van der Waals surface area contributed by atoms with Gasteiger partial charge in [-0.2, -0.15) is 0 Å². The summed E-state index contributed by atoms with van der Waals surface area (Å²) in [5, 5.41) is 3.12. The summed E-state index contributed by atoms with van der Waals surface area (Å²) in [6.45, 7) is 1.53. The molecular formula is C16H16ClIN2O3S. The lowest BCUT2D eigenvalue weighted by Crippen LogP contribution is -2.45. The first kappa shape index (κ1) is 19.0. The number of nitrogens with one attached hydrogen (secondary N) is 1. The number of halogens is 2. The van der Waals surface area contributed by atoms with Gasteiger partial charge in [0.25, 0.3) is 0 Å². The van der Waals surface area contributed by atoms with E-state index in [9.17, 15) is 13.2 Å². The summed E-state index contributed by atoms with van der Waals surface area (Å²) in [4.78, 5) is 12.5. The van der Waals surface area contributed by atoms with Gasteiger partial charge in [-0.05, 0) is 72.0 Å². The first-order valence-electron chi connectivity index (χ1n) is 7.00. The van der Waals surface area contributed by atoms with Crippen LogP contribution in [0.25, 0.3) is 0 Å². The molecule has 0 saturated heterocycles. The summed E-state index contributed by atoms with van der Waals surface area (Å²) in [5.41, 5.74) is 0.946. The van der Waals surface area contributed by atoms with Crippen molar-refractivity contribution in [2.75, 3.05) is 15.9 Å². The molecule has 2 aromatic carbocycles. The van der Waals surface area contributed by atoms with E-state index in [2.05, 4.69) is 27.9 Å². The van der Waals surface area contributed by atoms with Crippen molar-refractivity contribution in [1.29, 1.82) is 0 Å². The fourth-order valence-corrected chi connectivity index (χ4v) is 3.91. The van der Waals surface area contributed by atoms with Crippen molar-refractivity contribution in [3.05, 3.63) is 57.1 Å². The predicted octanol–water partition coefficient (Wildman–Crippen LogP) is 3.74. The van der Waals surface area contributed by atoms with E-state index in [0.29, 0.717) is 16.4 Å². The zero-order chi connectivity index (χ0) is 17.9. The zero-order valence-electron chi connectivity index (χ0n) is 13.0. The largest absolute Gasteiger partial charge is 0.324 e. The number of carbonyl (C=O) groups excluding carboxylic acids is 1. The van der Waals surface area contributed by atoms with Crippen LogP contribution < -0.4 is 9.62 Å². The highest BCUT2D eigenvalue weighted by molar-refractivity contribution is 14.1. The highest BCUT2D eigenvalue weighted by Gasteiger charge is 2.29. The molecule has 128 valence electrons. The number of sulfonamides is 1. The topological polar surface area (TPSA) is 66.5 Å². The molecule has 0 aliphatic heterocycles. The van der Waals surface area contributed by atoms with Crippen LogP contribution in [-0.4, -0.2) is 26.6 Å². The average molecular weight is 479 g/mol. The number of hydrogen-bond donors (Lipinski definition) is 1. The summed E-state index contributed by atoms with van der Waals surface area (Å²) < 4.78 is 26.5. The highest BCUT2D eigenvalue weighted by Crippen LogP contribution is 2.24. The Morgan fingerprint density at radius 2 is 1.83 bits per heavy atom. The number of rotatable bonds is 5. The second kappa shape index (κ2) is 7.71. The fourth-order valence-electron chi connectivity index (χ4n) is 2.20. The van der Waals surface area contributed by atoms with Crippen molar-refractivity contribution in [1.82, 2.24) is 0 Å². The van der Waals surface area contributed by atoms with E-state index in [1.54, 1.807) is 30.3 Å². The van der Waals surface area contributed by atoms with Gasteiger partial charge in [0.15, 0.2) is 0 Å². The zero-order valence-corrected chi connectivity index (χ0v) is 16.8. The van der Waals surface area contributed by atoms with Gasteiger partial charge in [0, 0.05) is 14.3 Å². The number of anilines is 2. The third-order valence-corrected chi connectivity index (χ3v) is 5.46. The quantitative estimate of drug-likeness (QED) is 0.666. The van der Waals surface area contributed by atoms with Gasteiger partial charge in [0.2, 0.25) is 15.9 Å². The van der Waals surface area contributed by atoms with E-state index in [-0.39, 0.29) is 0 Å². The average Bonchev–Trinajstić information content (AvgIpc) is 2.48. The van der Waals surface area contributed by atoms with Gasteiger partial charge in [-0.1, -0.05) is 17.7 Å². The van der Waals surface area contributed by atoms with Crippen LogP contribution in [-0.2, 0) is 14.8 Å². The molecule has 0 radical (unpaired) electrons. The Kier molecular flexibility index (Phi) is 6.11. The lowest BCUT2D eigenvalue weighted by atomic mass is 10.2. The molecule has 0 aliphatic carbocycles. The van der Waals surface area contributed by atoms with Crippen LogP contribution in [0.1, 0.15) is 6.92 Å². The summed E-state index contributed by atoms with van der Waals surface area (Å²) in [5.74, 6) is -0.429. The Balaban J connectivity index is 2.29. The first-order valence-corrected chi connectivity index (χ1v) is 10.3. The van der Waals surface area contributed by atoms with Crippen LogP contribution in [0.2, 0.25) is 5.02 Å². The van der Waals surface area contributed by atoms with Gasteiger partial charge >= 0.3 is 0 Å². The molecule has 1 amide bonds. The molecule has 24 heavy (non-hydrogen) atoms. The smallest absolute Gasteiger partial charge is 0.247 e. The van der Waals surface area contributed by atoms with E-state index >= 15 is 0 Å². The summed E-state index contributed by atoms with van der Waals surface area (Å²) in [7, 11) is -3.67. The van der Waals surface area contributed by atoms with Crippen LogP contribution in [0, 0.1) is 3.57 Å². The lowest BCUT2D eigenvalue weighted by molar-refractivity contribution is -0.116. The Labute approximate surface area is 160 Å². The predicted molar refractivity (Wildman–Crippen MR) is 106 cm³/mol. The molecule has 5 nitrogen and oxygen atoms in total. The van der Waals surface area contributed by atoms with E-state index in [4.69, 9.17) is 11.6 Å². The van der Waals surface area contributed by atoms with Gasteiger partial charge < -0.3 is 5.32 Å². The maximum absolute atomic E-state index is 12.5. The maximum Gasteiger partial charge on any atom is 0.247 e. The Morgan fingerprint density at radius 1 is 1.21 bits per heavy atom. The van der Waals surface area contributed by atoms with Gasteiger partial charge in [-0.3, -0.25) is 9.10 Å². The Bertz CT molecular complexity index is 841. The van der Waals surface area contributed by atoms with Crippen molar-refractivity contribution >= 4 is 61.5 Å². The van der Waals surface area contributed by atoms with Crippen LogP contribution in [0.4, 0.5) is 11.4 Å². The van der Waals surface area contributed by atoms with E-state index in [1.807, 2.05) is 12.1 Å². The summed E-state index contributed by atoms with van der Waals surface area (Å²) in [6.07, 6.45) is 1.06. The van der Waals surface area contributed by atoms with Gasteiger partial charge in [-0.15, -0.1) is 0 Å². The molecule has 0 saturated carbocycles. The molecule has 0 heterocycles. The third-order valence-electron chi connectivity index (χ3n) is 3.26. The van der Waals surface area contributed by atoms with E-state index < -0.39 is 22.0 Å². The molecule has 2 rings (SSSR count). The molecule has 2 aromatic rings. The number of nitrogens with zero attached hydrogens (tertiary/aromatic N) is 1. The van der Waals surface area contributed by atoms with E-state index in [0.717, 1.165) is 14.1 Å². The molecule has 1 atom stereocenters. The van der Waals surface area contributed by atoms with Crippen molar-refractivity contribution < 1.29 is 13.2 Å². The van der Waals surface area contributed by atoms with Gasteiger partial charge in [0.05, 0.1) is 11.9 Å². The molecule has 0 unspecified atom stereocenters. The molecule has 8 heteroatoms. The molecule has 0 fully saturated rings. The molecular weight excluding hydrogens is 463 g/mol. The monoisotopic (exact) mass is 478 g/mol. The number of amides is 1. The highest BCUT2D eigenvalue weighted by atomic mass is 127. The number of benzene rings is 2.